The smallest absolute Gasteiger partial charge is 0.210 e. The van der Waals surface area contributed by atoms with Crippen molar-refractivity contribution in [1.82, 2.24) is 0 Å². The average Bonchev–Trinajstić information content (AvgIpc) is 3.49. The van der Waals surface area contributed by atoms with Gasteiger partial charge in [-0.05, 0) is 72.2 Å². The summed E-state index contributed by atoms with van der Waals surface area (Å²) in [5.41, 5.74) is 3.10. The van der Waals surface area contributed by atoms with Crippen molar-refractivity contribution in [2.45, 2.75) is 123 Å². The predicted molar refractivity (Wildman–Crippen MR) is 164 cm³/mol. The third-order valence-electron chi connectivity index (χ3n) is 8.54. The van der Waals surface area contributed by atoms with Crippen LogP contribution in [-0.2, 0) is 42.4 Å². The van der Waals surface area contributed by atoms with E-state index in [2.05, 4.69) is 13.8 Å². The molecule has 41 heavy (non-hydrogen) atoms. The number of aryl methyl sites for hydroxylation is 2. The number of sulfone groups is 3. The number of benzene rings is 2. The van der Waals surface area contributed by atoms with Crippen molar-refractivity contribution >= 4 is 41.7 Å². The Kier molecular flexibility index (Phi) is 8.71. The summed E-state index contributed by atoms with van der Waals surface area (Å²) in [6.07, 6.45) is 17.2. The van der Waals surface area contributed by atoms with Crippen LogP contribution >= 0.6 is 0 Å². The van der Waals surface area contributed by atoms with Gasteiger partial charge in [0.05, 0.1) is 19.6 Å². The molecular weight excluding hydrogens is 577 g/mol. The molecular formula is C32H40O6S3. The van der Waals surface area contributed by atoms with Gasteiger partial charge in [0.15, 0.2) is 0 Å². The van der Waals surface area contributed by atoms with E-state index in [4.69, 9.17) is 0 Å². The van der Waals surface area contributed by atoms with E-state index in [1.165, 1.54) is 25.0 Å². The molecule has 9 heteroatoms. The number of hydrogen-bond acceptors (Lipinski definition) is 6. The molecule has 0 spiro atoms. The Morgan fingerprint density at radius 2 is 0.854 bits per heavy atom. The number of rotatable bonds is 14. The zero-order valence-corrected chi connectivity index (χ0v) is 26.5. The largest absolute Gasteiger partial charge is 0.219 e. The van der Waals surface area contributed by atoms with Gasteiger partial charge in [-0.1, -0.05) is 78.1 Å². The molecule has 2 aromatic rings. The maximum Gasteiger partial charge on any atom is 0.210 e. The molecule has 0 unspecified atom stereocenters. The van der Waals surface area contributed by atoms with Gasteiger partial charge >= 0.3 is 0 Å². The molecule has 2 aromatic carbocycles. The summed E-state index contributed by atoms with van der Waals surface area (Å²) in [5, 5.41) is 2.15. The standard InChI is InChI=1S/C32H40O6S3/c1-3-5-7-9-11-13-15-23-21-27-28-22-24(16-14-12-10-8-6-4-2)26-18-20-40(35,36)30(26)32(28)41(37,38)31(27)29-25(23)17-19-39(29,33)34/h17-22H,3-16H2,1-2H3. The SMILES string of the molecule is CCCCCCCCc1cc2c(c3c1C=CS3(=O)=O)S(=O)(=O)c1c-2cc(CCCCCCCC)c2c1S(=O)(=O)C=C2. The van der Waals surface area contributed by atoms with Crippen LogP contribution in [0, 0.1) is 0 Å². The molecule has 0 aromatic heterocycles. The fraction of sp³-hybridized carbons (Fsp3) is 0.500. The Hall–Kier alpha value is -2.23. The van der Waals surface area contributed by atoms with Crippen LogP contribution in [0.4, 0.5) is 0 Å². The van der Waals surface area contributed by atoms with E-state index in [1.54, 1.807) is 0 Å². The fourth-order valence-electron chi connectivity index (χ4n) is 6.44. The van der Waals surface area contributed by atoms with E-state index in [-0.39, 0.29) is 19.6 Å². The van der Waals surface area contributed by atoms with E-state index in [0.29, 0.717) is 35.1 Å². The average molecular weight is 617 g/mol. The van der Waals surface area contributed by atoms with Crippen molar-refractivity contribution in [1.29, 1.82) is 0 Å². The maximum absolute atomic E-state index is 14.1. The van der Waals surface area contributed by atoms with Crippen molar-refractivity contribution in [3.63, 3.8) is 0 Å². The molecule has 6 nitrogen and oxygen atoms in total. The molecule has 3 aliphatic rings. The molecule has 0 amide bonds. The van der Waals surface area contributed by atoms with Gasteiger partial charge in [-0.15, -0.1) is 0 Å². The summed E-state index contributed by atoms with van der Waals surface area (Å²) in [5.74, 6) is 0. The van der Waals surface area contributed by atoms with Gasteiger partial charge in [0, 0.05) is 21.9 Å². The molecule has 5 rings (SSSR count). The lowest BCUT2D eigenvalue weighted by Crippen LogP contribution is -2.10. The normalized spacial score (nSPS) is 17.9. The second-order valence-electron chi connectivity index (χ2n) is 11.5. The second kappa shape index (κ2) is 11.8. The molecule has 0 aliphatic carbocycles. The first-order chi connectivity index (χ1) is 19.5. The highest BCUT2D eigenvalue weighted by Crippen LogP contribution is 2.54. The van der Waals surface area contributed by atoms with Crippen LogP contribution in [-0.4, -0.2) is 25.3 Å². The third-order valence-corrected chi connectivity index (χ3v) is 13.7. The summed E-state index contributed by atoms with van der Waals surface area (Å²) in [6, 6.07) is 3.62. The number of fused-ring (bicyclic) bond motifs is 7. The first-order valence-electron chi connectivity index (χ1n) is 15.1. The molecule has 0 N–H and O–H groups in total. The van der Waals surface area contributed by atoms with Crippen LogP contribution in [0.2, 0.25) is 0 Å². The highest BCUT2D eigenvalue weighted by atomic mass is 32.2. The summed E-state index contributed by atoms with van der Waals surface area (Å²) in [6.45, 7) is 4.34. The van der Waals surface area contributed by atoms with Crippen LogP contribution in [0.1, 0.15) is 113 Å². The summed E-state index contributed by atoms with van der Waals surface area (Å²) in [4.78, 5) is -0.913. The van der Waals surface area contributed by atoms with E-state index < -0.39 is 29.5 Å². The van der Waals surface area contributed by atoms with Crippen LogP contribution in [0.15, 0.2) is 42.5 Å². The minimum absolute atomic E-state index is 0.193. The lowest BCUT2D eigenvalue weighted by atomic mass is 9.92. The van der Waals surface area contributed by atoms with E-state index in [1.807, 2.05) is 12.1 Å². The Bertz CT molecular complexity index is 1620. The fourth-order valence-corrected chi connectivity index (χ4v) is 12.3. The Balaban J connectivity index is 1.60. The molecule has 3 aliphatic heterocycles. The van der Waals surface area contributed by atoms with Crippen molar-refractivity contribution in [3.8, 4) is 11.1 Å². The minimum atomic E-state index is -4.40. The van der Waals surface area contributed by atoms with Crippen LogP contribution in [0.3, 0.4) is 0 Å². The summed E-state index contributed by atoms with van der Waals surface area (Å²) >= 11 is 0. The lowest BCUT2D eigenvalue weighted by molar-refractivity contribution is 0.584. The summed E-state index contributed by atoms with van der Waals surface area (Å²) < 4.78 is 81.3. The van der Waals surface area contributed by atoms with Crippen LogP contribution in [0.5, 0.6) is 0 Å². The highest BCUT2D eigenvalue weighted by molar-refractivity contribution is 7.98. The highest BCUT2D eigenvalue weighted by Gasteiger charge is 2.46. The number of unbranched alkanes of at least 4 members (excludes halogenated alkanes) is 10. The predicted octanol–water partition coefficient (Wildman–Crippen LogP) is 7.82. The van der Waals surface area contributed by atoms with Gasteiger partial charge in [-0.25, -0.2) is 25.3 Å². The Morgan fingerprint density at radius 1 is 0.488 bits per heavy atom. The van der Waals surface area contributed by atoms with Gasteiger partial charge in [0.1, 0.15) is 0 Å². The molecule has 0 atom stereocenters. The zero-order chi connectivity index (χ0) is 29.4. The molecule has 0 radical (unpaired) electrons. The number of hydrogen-bond donors (Lipinski definition) is 0. The lowest BCUT2D eigenvalue weighted by Gasteiger charge is -2.13. The van der Waals surface area contributed by atoms with Gasteiger partial charge < -0.3 is 0 Å². The van der Waals surface area contributed by atoms with Gasteiger partial charge in [0.25, 0.3) is 0 Å². The zero-order valence-electron chi connectivity index (χ0n) is 24.0. The van der Waals surface area contributed by atoms with Crippen molar-refractivity contribution in [3.05, 3.63) is 45.2 Å². The quantitative estimate of drug-likeness (QED) is 0.171. The monoisotopic (exact) mass is 616 g/mol. The van der Waals surface area contributed by atoms with E-state index in [9.17, 15) is 25.3 Å². The Labute approximate surface area is 245 Å². The van der Waals surface area contributed by atoms with Gasteiger partial charge in [-0.3, -0.25) is 0 Å². The van der Waals surface area contributed by atoms with Crippen molar-refractivity contribution in [2.24, 2.45) is 0 Å². The molecule has 0 saturated carbocycles. The Morgan fingerprint density at radius 3 is 1.24 bits per heavy atom. The topological polar surface area (TPSA) is 102 Å². The second-order valence-corrected chi connectivity index (χ2v) is 16.9. The van der Waals surface area contributed by atoms with Crippen molar-refractivity contribution < 1.29 is 25.3 Å². The van der Waals surface area contributed by atoms with Crippen LogP contribution in [0.25, 0.3) is 23.3 Å². The van der Waals surface area contributed by atoms with Crippen LogP contribution < -0.4 is 0 Å². The first-order valence-corrected chi connectivity index (χ1v) is 19.6. The molecule has 0 saturated heterocycles. The summed E-state index contributed by atoms with van der Waals surface area (Å²) in [7, 11) is -12.4. The molecule has 0 fully saturated rings. The molecule has 3 heterocycles. The van der Waals surface area contributed by atoms with Gasteiger partial charge in [0.2, 0.25) is 29.5 Å². The van der Waals surface area contributed by atoms with E-state index >= 15 is 0 Å². The minimum Gasteiger partial charge on any atom is -0.219 e. The molecule has 222 valence electrons. The van der Waals surface area contributed by atoms with Crippen molar-refractivity contribution in [2.75, 3.05) is 0 Å². The first kappa shape index (κ1) is 30.2. The van der Waals surface area contributed by atoms with Gasteiger partial charge in [-0.2, -0.15) is 0 Å². The third kappa shape index (κ3) is 5.50. The molecule has 0 bridgehead atoms. The maximum atomic E-state index is 14.1. The van der Waals surface area contributed by atoms with E-state index in [0.717, 1.165) is 86.2 Å².